The van der Waals surface area contributed by atoms with Gasteiger partial charge < -0.3 is 14.6 Å². The van der Waals surface area contributed by atoms with Gasteiger partial charge in [-0.05, 0) is 53.2 Å². The number of nitrogens with one attached hydrogen (secondary N) is 1. The largest absolute Gasteiger partial charge is 0.439 e. The molecule has 0 aliphatic carbocycles. The van der Waals surface area contributed by atoms with E-state index in [4.69, 9.17) is 4.74 Å². The zero-order valence-corrected chi connectivity index (χ0v) is 16.5. The average molecular weight is 406 g/mol. The van der Waals surface area contributed by atoms with E-state index in [0.717, 1.165) is 10.8 Å². The molecule has 6 nitrogen and oxygen atoms in total. The van der Waals surface area contributed by atoms with E-state index in [-0.39, 0.29) is 5.91 Å². The van der Waals surface area contributed by atoms with Crippen molar-refractivity contribution in [2.45, 2.75) is 0 Å². The summed E-state index contributed by atoms with van der Waals surface area (Å²) in [6.45, 7) is 0. The molecule has 0 bridgehead atoms. The molecule has 31 heavy (non-hydrogen) atoms. The Morgan fingerprint density at radius 3 is 2.45 bits per heavy atom. The first-order valence-electron chi connectivity index (χ1n) is 9.79. The molecule has 1 amide bonds. The average Bonchev–Trinajstić information content (AvgIpc) is 3.35. The molecular formula is C25H18N4O2. The van der Waals surface area contributed by atoms with Gasteiger partial charge in [0.25, 0.3) is 5.91 Å². The van der Waals surface area contributed by atoms with Crippen LogP contribution in [0.25, 0.3) is 16.6 Å². The van der Waals surface area contributed by atoms with E-state index in [1.54, 1.807) is 30.3 Å². The second kappa shape index (κ2) is 8.12. The highest BCUT2D eigenvalue weighted by Gasteiger charge is 2.10. The normalized spacial score (nSPS) is 10.7. The number of hydrogen-bond acceptors (Lipinski definition) is 4. The second-order valence-corrected chi connectivity index (χ2v) is 6.91. The molecule has 0 aliphatic rings. The number of nitrogens with zero attached hydrogens (tertiary/aromatic N) is 3. The van der Waals surface area contributed by atoms with Crippen LogP contribution in [-0.2, 0) is 0 Å². The molecule has 0 saturated heterocycles. The number of anilines is 1. The minimum Gasteiger partial charge on any atom is -0.439 e. The van der Waals surface area contributed by atoms with Gasteiger partial charge in [-0.2, -0.15) is 0 Å². The zero-order valence-electron chi connectivity index (χ0n) is 16.5. The van der Waals surface area contributed by atoms with Gasteiger partial charge >= 0.3 is 0 Å². The fourth-order valence-electron chi connectivity index (χ4n) is 3.36. The van der Waals surface area contributed by atoms with Crippen LogP contribution in [0.5, 0.6) is 11.6 Å². The van der Waals surface area contributed by atoms with Crippen LogP contribution in [0.1, 0.15) is 10.4 Å². The van der Waals surface area contributed by atoms with E-state index in [2.05, 4.69) is 15.3 Å². The van der Waals surface area contributed by atoms with E-state index in [9.17, 15) is 4.79 Å². The topological polar surface area (TPSA) is 69.0 Å². The maximum Gasteiger partial charge on any atom is 0.256 e. The molecule has 5 rings (SSSR count). The number of carbonyl (C=O) groups excluding carboxylic acids is 1. The quantitative estimate of drug-likeness (QED) is 0.420. The number of fused-ring (bicyclic) bond motifs is 1. The summed E-state index contributed by atoms with van der Waals surface area (Å²) in [5.74, 6) is 1.61. The lowest BCUT2D eigenvalue weighted by Gasteiger charge is -2.10. The van der Waals surface area contributed by atoms with Crippen molar-refractivity contribution in [3.63, 3.8) is 0 Å². The first-order chi connectivity index (χ1) is 15.3. The van der Waals surface area contributed by atoms with Gasteiger partial charge in [0.1, 0.15) is 17.9 Å². The van der Waals surface area contributed by atoms with Crippen LogP contribution in [0.4, 0.5) is 5.69 Å². The molecule has 2 heterocycles. The van der Waals surface area contributed by atoms with Crippen LogP contribution in [0.2, 0.25) is 0 Å². The Morgan fingerprint density at radius 2 is 1.61 bits per heavy atom. The van der Waals surface area contributed by atoms with Crippen molar-refractivity contribution >= 4 is 22.4 Å². The molecule has 0 unspecified atom stereocenters. The summed E-state index contributed by atoms with van der Waals surface area (Å²) in [6.07, 6.45) is 5.27. The van der Waals surface area contributed by atoms with Crippen LogP contribution in [0.3, 0.4) is 0 Å². The van der Waals surface area contributed by atoms with Gasteiger partial charge in [-0.3, -0.25) is 4.79 Å². The molecule has 150 valence electrons. The van der Waals surface area contributed by atoms with Crippen molar-refractivity contribution in [2.75, 3.05) is 5.32 Å². The van der Waals surface area contributed by atoms with Crippen LogP contribution < -0.4 is 10.1 Å². The van der Waals surface area contributed by atoms with E-state index in [0.29, 0.717) is 28.7 Å². The molecule has 3 aromatic carbocycles. The van der Waals surface area contributed by atoms with Gasteiger partial charge in [-0.15, -0.1) is 0 Å². The number of hydrogen-bond donors (Lipinski definition) is 1. The first-order valence-corrected chi connectivity index (χ1v) is 9.79. The van der Waals surface area contributed by atoms with Crippen molar-refractivity contribution in [3.05, 3.63) is 109 Å². The summed E-state index contributed by atoms with van der Waals surface area (Å²) in [5.41, 5.74) is 1.32. The molecular weight excluding hydrogens is 388 g/mol. The van der Waals surface area contributed by atoms with Gasteiger partial charge in [0.15, 0.2) is 0 Å². The third-order valence-corrected chi connectivity index (χ3v) is 4.87. The zero-order chi connectivity index (χ0) is 21.0. The first kappa shape index (κ1) is 18.6. The van der Waals surface area contributed by atoms with Gasteiger partial charge in [0.2, 0.25) is 5.88 Å². The van der Waals surface area contributed by atoms with Crippen LogP contribution in [-0.4, -0.2) is 20.4 Å². The maximum atomic E-state index is 12.8. The van der Waals surface area contributed by atoms with Crippen molar-refractivity contribution < 1.29 is 9.53 Å². The molecule has 1 N–H and O–H groups in total. The summed E-state index contributed by atoms with van der Waals surface area (Å²) >= 11 is 0. The van der Waals surface area contributed by atoms with Crippen molar-refractivity contribution in [1.82, 2.24) is 14.5 Å². The third-order valence-electron chi connectivity index (χ3n) is 4.87. The Bertz CT molecular complexity index is 1340. The molecule has 0 radical (unpaired) electrons. The Balaban J connectivity index is 1.30. The summed E-state index contributed by atoms with van der Waals surface area (Å²) in [5, 5.41) is 4.90. The molecule has 0 fully saturated rings. The predicted molar refractivity (Wildman–Crippen MR) is 120 cm³/mol. The van der Waals surface area contributed by atoms with Gasteiger partial charge in [-0.1, -0.05) is 36.4 Å². The van der Waals surface area contributed by atoms with Crippen LogP contribution in [0, 0.1) is 0 Å². The number of amides is 1. The smallest absolute Gasteiger partial charge is 0.256 e. The predicted octanol–water partition coefficient (Wildman–Crippen LogP) is 5.47. The monoisotopic (exact) mass is 406 g/mol. The summed E-state index contributed by atoms with van der Waals surface area (Å²) in [6, 6.07) is 26.3. The second-order valence-electron chi connectivity index (χ2n) is 6.91. The number of ether oxygens (including phenoxy) is 1. The number of benzene rings is 3. The van der Waals surface area contributed by atoms with Gasteiger partial charge in [-0.25, -0.2) is 9.97 Å². The van der Waals surface area contributed by atoms with Crippen LogP contribution >= 0.6 is 0 Å². The Kier molecular flexibility index (Phi) is 4.86. The standard InChI is InChI=1S/C25H18N4O2/c30-25(22-9-5-7-18-6-1-2-8-21(18)22)28-19-10-12-20(13-11-19)31-24-16-23(26-17-27-24)29-14-3-4-15-29/h1-17H,(H,28,30). The number of carbonyl (C=O) groups is 1. The fourth-order valence-corrected chi connectivity index (χ4v) is 3.36. The van der Waals surface area contributed by atoms with E-state index >= 15 is 0 Å². The highest BCUT2D eigenvalue weighted by atomic mass is 16.5. The molecule has 5 aromatic rings. The van der Waals surface area contributed by atoms with Gasteiger partial charge in [0, 0.05) is 29.7 Å². The minimum absolute atomic E-state index is 0.155. The van der Waals surface area contributed by atoms with E-state index in [1.807, 2.05) is 71.6 Å². The Morgan fingerprint density at radius 1 is 0.839 bits per heavy atom. The van der Waals surface area contributed by atoms with Crippen molar-refractivity contribution in [2.24, 2.45) is 0 Å². The Hall–Kier alpha value is -4.45. The maximum absolute atomic E-state index is 12.8. The lowest BCUT2D eigenvalue weighted by Crippen LogP contribution is -2.12. The fraction of sp³-hybridized carbons (Fsp3) is 0. The molecule has 6 heteroatoms. The summed E-state index contributed by atoms with van der Waals surface area (Å²) in [7, 11) is 0. The highest BCUT2D eigenvalue weighted by Crippen LogP contribution is 2.24. The number of rotatable bonds is 5. The van der Waals surface area contributed by atoms with Crippen molar-refractivity contribution in [3.8, 4) is 17.4 Å². The Labute approximate surface area is 178 Å². The molecule has 0 atom stereocenters. The SMILES string of the molecule is O=C(Nc1ccc(Oc2cc(-n3cccc3)ncn2)cc1)c1cccc2ccccc12. The highest BCUT2D eigenvalue weighted by molar-refractivity contribution is 6.12. The lowest BCUT2D eigenvalue weighted by molar-refractivity contribution is 0.102. The third kappa shape index (κ3) is 4.00. The van der Waals surface area contributed by atoms with Crippen molar-refractivity contribution in [1.29, 1.82) is 0 Å². The number of aromatic nitrogens is 3. The van der Waals surface area contributed by atoms with Gasteiger partial charge in [0.05, 0.1) is 0 Å². The van der Waals surface area contributed by atoms with Crippen LogP contribution in [0.15, 0.2) is 104 Å². The summed E-state index contributed by atoms with van der Waals surface area (Å²) in [4.78, 5) is 21.2. The van der Waals surface area contributed by atoms with E-state index in [1.165, 1.54) is 6.33 Å². The minimum atomic E-state index is -0.155. The molecule has 2 aromatic heterocycles. The molecule has 0 spiro atoms. The lowest BCUT2D eigenvalue weighted by atomic mass is 10.0. The summed E-state index contributed by atoms with van der Waals surface area (Å²) < 4.78 is 7.72. The van der Waals surface area contributed by atoms with E-state index < -0.39 is 0 Å². The molecule has 0 aliphatic heterocycles. The molecule has 0 saturated carbocycles.